The van der Waals surface area contributed by atoms with E-state index in [4.69, 9.17) is 0 Å². The van der Waals surface area contributed by atoms with Crippen molar-refractivity contribution in [3.63, 3.8) is 0 Å². The van der Waals surface area contributed by atoms with Gasteiger partial charge in [0.25, 0.3) is 5.91 Å². The van der Waals surface area contributed by atoms with Crippen LogP contribution in [0.15, 0.2) is 35.4 Å². The Morgan fingerprint density at radius 1 is 1.38 bits per heavy atom. The predicted octanol–water partition coefficient (Wildman–Crippen LogP) is 5.05. The minimum absolute atomic E-state index is 0.0865. The van der Waals surface area contributed by atoms with Gasteiger partial charge in [0.1, 0.15) is 0 Å². The van der Waals surface area contributed by atoms with E-state index in [2.05, 4.69) is 17.5 Å². The molecule has 3 nitrogen and oxygen atoms in total. The topological polar surface area (TPSA) is 41.5 Å². The van der Waals surface area contributed by atoms with E-state index in [0.717, 1.165) is 38.0 Å². The summed E-state index contributed by atoms with van der Waals surface area (Å²) in [5.41, 5.74) is 2.68. The van der Waals surface area contributed by atoms with Crippen molar-refractivity contribution in [3.05, 3.63) is 56.8 Å². The molecule has 0 spiro atoms. The SMILES string of the molecule is CC[C@H]1CCc2sc(C(=O)N/N=C\c3ccccc3C(F)(F)F)cc2C1. The van der Waals surface area contributed by atoms with E-state index in [1.54, 1.807) is 0 Å². The summed E-state index contributed by atoms with van der Waals surface area (Å²) in [5, 5.41) is 3.71. The summed E-state index contributed by atoms with van der Waals surface area (Å²) in [4.78, 5) is 14.0. The number of hydrazone groups is 1. The largest absolute Gasteiger partial charge is 0.417 e. The number of hydrogen-bond donors (Lipinski definition) is 1. The van der Waals surface area contributed by atoms with Crippen molar-refractivity contribution in [2.24, 2.45) is 11.0 Å². The van der Waals surface area contributed by atoms with Gasteiger partial charge in [-0.1, -0.05) is 31.5 Å². The Bertz CT molecular complexity index is 826. The second kappa shape index (κ2) is 7.61. The number of halogens is 3. The van der Waals surface area contributed by atoms with E-state index in [1.165, 1.54) is 40.0 Å². The van der Waals surface area contributed by atoms with Gasteiger partial charge in [-0.05, 0) is 42.9 Å². The number of alkyl halides is 3. The Kier molecular flexibility index (Phi) is 5.46. The zero-order valence-electron chi connectivity index (χ0n) is 14.3. The highest BCUT2D eigenvalue weighted by atomic mass is 32.1. The highest BCUT2D eigenvalue weighted by Crippen LogP contribution is 2.33. The molecule has 1 aromatic carbocycles. The number of carbonyl (C=O) groups is 1. The number of hydrogen-bond acceptors (Lipinski definition) is 3. The number of thiophene rings is 1. The Hall–Kier alpha value is -2.15. The zero-order valence-corrected chi connectivity index (χ0v) is 15.1. The fraction of sp³-hybridized carbons (Fsp3) is 0.368. The van der Waals surface area contributed by atoms with Crippen molar-refractivity contribution in [1.29, 1.82) is 0 Å². The van der Waals surface area contributed by atoms with Crippen LogP contribution in [0, 0.1) is 5.92 Å². The van der Waals surface area contributed by atoms with Crippen LogP contribution >= 0.6 is 11.3 Å². The van der Waals surface area contributed by atoms with Crippen molar-refractivity contribution < 1.29 is 18.0 Å². The monoisotopic (exact) mass is 380 g/mol. The van der Waals surface area contributed by atoms with Gasteiger partial charge in [-0.25, -0.2) is 5.43 Å². The van der Waals surface area contributed by atoms with Crippen molar-refractivity contribution in [1.82, 2.24) is 5.43 Å². The Morgan fingerprint density at radius 3 is 2.88 bits per heavy atom. The first-order chi connectivity index (χ1) is 12.4. The summed E-state index contributed by atoms with van der Waals surface area (Å²) >= 11 is 1.44. The molecule has 1 N–H and O–H groups in total. The average molecular weight is 380 g/mol. The Balaban J connectivity index is 1.69. The number of benzene rings is 1. The summed E-state index contributed by atoms with van der Waals surface area (Å²) < 4.78 is 38.8. The first-order valence-electron chi connectivity index (χ1n) is 8.49. The van der Waals surface area contributed by atoms with Crippen LogP contribution in [0.5, 0.6) is 0 Å². The number of nitrogens with one attached hydrogen (secondary N) is 1. The average Bonchev–Trinajstić information content (AvgIpc) is 3.04. The van der Waals surface area contributed by atoms with Crippen LogP contribution in [0.1, 0.15) is 51.0 Å². The molecule has 0 fully saturated rings. The van der Waals surface area contributed by atoms with Crippen LogP contribution in [0.25, 0.3) is 0 Å². The number of nitrogens with zero attached hydrogens (tertiary/aromatic N) is 1. The van der Waals surface area contributed by atoms with Crippen LogP contribution in [0.3, 0.4) is 0 Å². The molecule has 2 aromatic rings. The van der Waals surface area contributed by atoms with Gasteiger partial charge in [-0.3, -0.25) is 4.79 Å². The molecule has 0 saturated heterocycles. The summed E-state index contributed by atoms with van der Waals surface area (Å²) in [7, 11) is 0. The van der Waals surface area contributed by atoms with Crippen molar-refractivity contribution in [2.75, 3.05) is 0 Å². The smallest absolute Gasteiger partial charge is 0.266 e. The molecule has 1 aliphatic rings. The quantitative estimate of drug-likeness (QED) is 0.586. The fourth-order valence-corrected chi connectivity index (χ4v) is 4.24. The molecule has 1 aliphatic carbocycles. The molecule has 1 atom stereocenters. The summed E-state index contributed by atoms with van der Waals surface area (Å²) in [5.74, 6) is 0.267. The lowest BCUT2D eigenvalue weighted by atomic mass is 9.87. The molecule has 7 heteroatoms. The van der Waals surface area contributed by atoms with E-state index in [1.807, 2.05) is 6.07 Å². The number of fused-ring (bicyclic) bond motifs is 1. The van der Waals surface area contributed by atoms with E-state index in [0.29, 0.717) is 10.8 Å². The molecular formula is C19H19F3N2OS. The molecule has 1 amide bonds. The second-order valence-corrected chi connectivity index (χ2v) is 7.50. The summed E-state index contributed by atoms with van der Waals surface area (Å²) in [6, 6.07) is 7.00. The Labute approximate surface area is 153 Å². The van der Waals surface area contributed by atoms with Crippen LogP contribution in [0.2, 0.25) is 0 Å². The van der Waals surface area contributed by atoms with E-state index in [-0.39, 0.29) is 5.56 Å². The van der Waals surface area contributed by atoms with Crippen molar-refractivity contribution >= 4 is 23.5 Å². The van der Waals surface area contributed by atoms with Gasteiger partial charge in [-0.15, -0.1) is 11.3 Å². The van der Waals surface area contributed by atoms with E-state index >= 15 is 0 Å². The molecule has 0 aliphatic heterocycles. The lowest BCUT2D eigenvalue weighted by Crippen LogP contribution is -2.17. The first kappa shape index (κ1) is 18.6. The number of carbonyl (C=O) groups excluding carboxylic acids is 1. The number of rotatable bonds is 4. The van der Waals surface area contributed by atoms with E-state index in [9.17, 15) is 18.0 Å². The van der Waals surface area contributed by atoms with Crippen LogP contribution in [-0.2, 0) is 19.0 Å². The van der Waals surface area contributed by atoms with Crippen molar-refractivity contribution in [2.45, 2.75) is 38.8 Å². The number of aryl methyl sites for hydroxylation is 1. The maximum absolute atomic E-state index is 12.9. The van der Waals surface area contributed by atoms with Crippen molar-refractivity contribution in [3.8, 4) is 0 Å². The van der Waals surface area contributed by atoms with Crippen LogP contribution in [-0.4, -0.2) is 12.1 Å². The predicted molar refractivity (Wildman–Crippen MR) is 96.6 cm³/mol. The highest BCUT2D eigenvalue weighted by Gasteiger charge is 2.32. The molecule has 138 valence electrons. The third-order valence-corrected chi connectivity index (χ3v) is 5.86. The minimum atomic E-state index is -4.46. The lowest BCUT2D eigenvalue weighted by molar-refractivity contribution is -0.137. The normalized spacial score (nSPS) is 17.3. The van der Waals surface area contributed by atoms with Gasteiger partial charge in [0.2, 0.25) is 0 Å². The molecule has 0 saturated carbocycles. The maximum Gasteiger partial charge on any atom is 0.417 e. The van der Waals surface area contributed by atoms with Gasteiger partial charge < -0.3 is 0 Å². The third kappa shape index (κ3) is 4.15. The van der Waals surface area contributed by atoms with Gasteiger partial charge in [0.15, 0.2) is 0 Å². The molecular weight excluding hydrogens is 361 g/mol. The van der Waals surface area contributed by atoms with Gasteiger partial charge in [-0.2, -0.15) is 18.3 Å². The first-order valence-corrected chi connectivity index (χ1v) is 9.31. The molecule has 1 aromatic heterocycles. The zero-order chi connectivity index (χ0) is 18.7. The molecule has 0 unspecified atom stereocenters. The van der Waals surface area contributed by atoms with Gasteiger partial charge in [0.05, 0.1) is 16.7 Å². The molecule has 0 radical (unpaired) electrons. The summed E-state index contributed by atoms with van der Waals surface area (Å²) in [6.45, 7) is 2.17. The van der Waals surface area contributed by atoms with Crippen LogP contribution < -0.4 is 5.43 Å². The number of amides is 1. The summed E-state index contributed by atoms with van der Waals surface area (Å²) in [6.07, 6.45) is 0.791. The molecule has 3 rings (SSSR count). The van der Waals surface area contributed by atoms with Gasteiger partial charge in [0, 0.05) is 10.4 Å². The molecule has 0 bridgehead atoms. The van der Waals surface area contributed by atoms with E-state index < -0.39 is 17.6 Å². The Morgan fingerprint density at radius 2 is 2.15 bits per heavy atom. The highest BCUT2D eigenvalue weighted by molar-refractivity contribution is 7.14. The molecule has 26 heavy (non-hydrogen) atoms. The standard InChI is InChI=1S/C19H19F3N2OS/c1-2-12-7-8-16-14(9-12)10-17(26-16)18(25)24-23-11-13-5-3-4-6-15(13)19(20,21)22/h3-6,10-12H,2,7-9H2,1H3,(H,24,25)/b23-11-/t12-/m0/s1. The third-order valence-electron chi connectivity index (χ3n) is 4.62. The lowest BCUT2D eigenvalue weighted by Gasteiger charge is -2.19. The minimum Gasteiger partial charge on any atom is -0.266 e. The second-order valence-electron chi connectivity index (χ2n) is 6.36. The fourth-order valence-electron chi connectivity index (χ4n) is 3.14. The van der Waals surface area contributed by atoms with Crippen LogP contribution in [0.4, 0.5) is 13.2 Å². The molecule has 1 heterocycles. The van der Waals surface area contributed by atoms with Gasteiger partial charge >= 0.3 is 6.18 Å². The maximum atomic E-state index is 12.9.